The van der Waals surface area contributed by atoms with Gasteiger partial charge < -0.3 is 25.2 Å². The van der Waals surface area contributed by atoms with E-state index in [1.165, 1.54) is 5.56 Å². The average molecular weight is 509 g/mol. The molecule has 5 atom stereocenters. The third-order valence-electron chi connectivity index (χ3n) is 9.27. The quantitative estimate of drug-likeness (QED) is 0.457. The molecule has 194 valence electrons. The van der Waals surface area contributed by atoms with Gasteiger partial charge in [0.1, 0.15) is 23.7 Å². The first-order chi connectivity index (χ1) is 18.5. The minimum Gasteiger partial charge on any atom is -0.508 e. The molecule has 2 bridgehead atoms. The minimum absolute atomic E-state index is 0.132. The lowest BCUT2D eigenvalue weighted by molar-refractivity contribution is -0.0451. The smallest absolute Gasteiger partial charge is 0.255 e. The summed E-state index contributed by atoms with van der Waals surface area (Å²) in [4.78, 5) is 15.8. The van der Waals surface area contributed by atoms with Crippen LogP contribution in [0.3, 0.4) is 0 Å². The van der Waals surface area contributed by atoms with Crippen molar-refractivity contribution in [1.29, 1.82) is 0 Å². The van der Waals surface area contributed by atoms with Crippen molar-refractivity contribution in [3.05, 3.63) is 95.1 Å². The van der Waals surface area contributed by atoms with Gasteiger partial charge in [-0.25, -0.2) is 0 Å². The average Bonchev–Trinajstić information content (AvgIpc) is 3.28. The highest BCUT2D eigenvalue weighted by Gasteiger charge is 2.64. The van der Waals surface area contributed by atoms with Crippen LogP contribution in [-0.4, -0.2) is 59.4 Å². The number of aliphatic hydroxyl groups excluding tert-OH is 1. The van der Waals surface area contributed by atoms with Crippen LogP contribution in [0.5, 0.6) is 11.5 Å². The second-order valence-corrected chi connectivity index (χ2v) is 11.2. The van der Waals surface area contributed by atoms with E-state index < -0.39 is 6.10 Å². The molecule has 7 rings (SSSR count). The Hall–Kier alpha value is -3.61. The predicted octanol–water partition coefficient (Wildman–Crippen LogP) is 3.84. The van der Waals surface area contributed by atoms with Crippen molar-refractivity contribution in [3.63, 3.8) is 0 Å². The number of hydrogen-bond acceptors (Lipinski definition) is 5. The van der Waals surface area contributed by atoms with Gasteiger partial charge in [-0.05, 0) is 73.3 Å². The Morgan fingerprint density at radius 1 is 1.05 bits per heavy atom. The topological polar surface area (TPSA) is 82.0 Å². The number of phenols is 1. The van der Waals surface area contributed by atoms with Crippen LogP contribution in [-0.2, 0) is 18.3 Å². The van der Waals surface area contributed by atoms with Crippen LogP contribution in [0.25, 0.3) is 11.1 Å². The zero-order chi connectivity index (χ0) is 26.0. The number of carbonyl (C=O) groups excluding carboxylic acids is 1. The normalized spacial score (nSPS) is 28.5. The highest BCUT2D eigenvalue weighted by molar-refractivity contribution is 5.98. The first-order valence-electron chi connectivity index (χ1n) is 13.5. The lowest BCUT2D eigenvalue weighted by Crippen LogP contribution is -2.64. The molecule has 0 saturated carbocycles. The Morgan fingerprint density at radius 3 is 2.55 bits per heavy atom. The fraction of sp³-hybridized carbons (Fsp3) is 0.344. The zero-order valence-electron chi connectivity index (χ0n) is 21.4. The minimum atomic E-state index is -0.672. The molecule has 1 unspecified atom stereocenters. The van der Waals surface area contributed by atoms with E-state index in [2.05, 4.69) is 53.7 Å². The van der Waals surface area contributed by atoms with Gasteiger partial charge >= 0.3 is 0 Å². The van der Waals surface area contributed by atoms with E-state index in [4.69, 9.17) is 4.74 Å². The van der Waals surface area contributed by atoms with Gasteiger partial charge in [0.05, 0.1) is 5.56 Å². The molecule has 1 fully saturated rings. The van der Waals surface area contributed by atoms with Crippen LogP contribution in [0.1, 0.15) is 33.5 Å². The Kier molecular flexibility index (Phi) is 5.39. The van der Waals surface area contributed by atoms with Crippen LogP contribution in [0.2, 0.25) is 0 Å². The number of amides is 1. The van der Waals surface area contributed by atoms with Crippen molar-refractivity contribution in [2.75, 3.05) is 20.1 Å². The molecule has 2 aliphatic heterocycles. The van der Waals surface area contributed by atoms with Crippen molar-refractivity contribution in [2.45, 2.75) is 42.9 Å². The molecule has 3 N–H and O–H groups in total. The number of nitrogens with one attached hydrogen (secondary N) is 1. The number of phenolic OH excluding ortho intramolecular Hbond substituents is 1. The van der Waals surface area contributed by atoms with Crippen molar-refractivity contribution in [2.24, 2.45) is 5.92 Å². The molecule has 2 heterocycles. The van der Waals surface area contributed by atoms with Crippen molar-refractivity contribution in [3.8, 4) is 22.6 Å². The molecule has 0 aromatic heterocycles. The Balaban J connectivity index is 1.09. The monoisotopic (exact) mass is 508 g/mol. The molecule has 0 radical (unpaired) electrons. The number of piperidine rings is 1. The van der Waals surface area contributed by atoms with Crippen LogP contribution >= 0.6 is 0 Å². The van der Waals surface area contributed by atoms with E-state index in [0.29, 0.717) is 30.3 Å². The lowest BCUT2D eigenvalue weighted by atomic mass is 9.53. The second kappa shape index (κ2) is 8.72. The number of nitrogens with zero attached hydrogens (tertiary/aromatic N) is 1. The maximum absolute atomic E-state index is 13.4. The van der Waals surface area contributed by atoms with Crippen LogP contribution < -0.4 is 10.1 Å². The maximum atomic E-state index is 13.4. The number of carbonyl (C=O) groups is 1. The van der Waals surface area contributed by atoms with E-state index >= 15 is 0 Å². The highest BCUT2D eigenvalue weighted by atomic mass is 16.5. The van der Waals surface area contributed by atoms with Gasteiger partial charge in [-0.2, -0.15) is 0 Å². The fourth-order valence-electron chi connectivity index (χ4n) is 7.36. The largest absolute Gasteiger partial charge is 0.508 e. The molecule has 1 spiro atoms. The van der Waals surface area contributed by atoms with Gasteiger partial charge in [0, 0.05) is 29.5 Å². The molecule has 6 nitrogen and oxygen atoms in total. The molecular formula is C32H32N2O4. The summed E-state index contributed by atoms with van der Waals surface area (Å²) in [6.07, 6.45) is 5.64. The number of aliphatic hydroxyl groups is 1. The van der Waals surface area contributed by atoms with Gasteiger partial charge in [0.2, 0.25) is 0 Å². The SMILES string of the molecule is CN1CC[C@]23c4c5ccc(C(=O)NCCc6ccc(-c7ccc(O)cc7)cc6)c4O[C@H]2[C@@H](O)C=CC3[C@H]1C5. The van der Waals surface area contributed by atoms with Crippen LogP contribution in [0.15, 0.2) is 72.8 Å². The standard InChI is InChI=1S/C32H32N2O4/c1-34-17-15-32-25-12-13-27(36)30(32)38-29-24(11-8-22(28(29)32)18-26(25)34)31(37)33-16-14-19-2-4-20(5-3-19)21-6-9-23(35)10-7-21/h2-13,25-27,30,35-36H,14-18H2,1H3,(H,33,37)/t25?,26-,27+,30+,32+/m1/s1. The summed E-state index contributed by atoms with van der Waals surface area (Å²) in [5.41, 5.74) is 5.99. The third kappa shape index (κ3) is 3.44. The summed E-state index contributed by atoms with van der Waals surface area (Å²) < 4.78 is 6.51. The van der Waals surface area contributed by atoms with Gasteiger partial charge in [0.15, 0.2) is 0 Å². The second-order valence-electron chi connectivity index (χ2n) is 11.2. The highest BCUT2D eigenvalue weighted by Crippen LogP contribution is 2.61. The summed E-state index contributed by atoms with van der Waals surface area (Å²) in [6.45, 7) is 1.48. The molecule has 4 aliphatic rings. The van der Waals surface area contributed by atoms with Crippen molar-refractivity contribution < 1.29 is 19.7 Å². The van der Waals surface area contributed by atoms with Crippen molar-refractivity contribution >= 4 is 5.91 Å². The summed E-state index contributed by atoms with van der Waals surface area (Å²) in [6, 6.07) is 19.8. The summed E-state index contributed by atoms with van der Waals surface area (Å²) in [5, 5.41) is 23.5. The number of aromatic hydroxyl groups is 1. The molecule has 3 aromatic rings. The van der Waals surface area contributed by atoms with Crippen LogP contribution in [0.4, 0.5) is 0 Å². The molecule has 6 heteroatoms. The number of likely N-dealkylation sites (tertiary alicyclic amines) is 1. The number of benzene rings is 3. The van der Waals surface area contributed by atoms with Gasteiger partial charge in [-0.15, -0.1) is 0 Å². The number of likely N-dealkylation sites (N-methyl/N-ethyl adjacent to an activating group) is 1. The fourth-order valence-corrected chi connectivity index (χ4v) is 7.36. The molecule has 1 saturated heterocycles. The van der Waals surface area contributed by atoms with E-state index in [1.807, 2.05) is 24.3 Å². The number of hydrogen-bond donors (Lipinski definition) is 3. The summed E-state index contributed by atoms with van der Waals surface area (Å²) in [7, 11) is 2.19. The van der Waals surface area contributed by atoms with Crippen molar-refractivity contribution in [1.82, 2.24) is 10.2 Å². The molecule has 1 amide bonds. The van der Waals surface area contributed by atoms with Gasteiger partial charge in [-0.3, -0.25) is 4.79 Å². The van der Waals surface area contributed by atoms with Gasteiger partial charge in [-0.1, -0.05) is 54.6 Å². The Labute approximate surface area is 222 Å². The van der Waals surface area contributed by atoms with E-state index in [9.17, 15) is 15.0 Å². The maximum Gasteiger partial charge on any atom is 0.255 e. The predicted molar refractivity (Wildman–Crippen MR) is 145 cm³/mol. The molecule has 2 aliphatic carbocycles. The first kappa shape index (κ1) is 23.5. The Morgan fingerprint density at radius 2 is 1.79 bits per heavy atom. The molecule has 3 aromatic carbocycles. The first-order valence-corrected chi connectivity index (χ1v) is 13.5. The Bertz CT molecular complexity index is 1430. The molecular weight excluding hydrogens is 476 g/mol. The van der Waals surface area contributed by atoms with E-state index in [-0.39, 0.29) is 29.1 Å². The number of ether oxygens (including phenoxy) is 1. The summed E-state index contributed by atoms with van der Waals surface area (Å²) in [5.74, 6) is 1.09. The molecule has 38 heavy (non-hydrogen) atoms. The van der Waals surface area contributed by atoms with Crippen LogP contribution in [0, 0.1) is 5.92 Å². The van der Waals surface area contributed by atoms with Gasteiger partial charge in [0.25, 0.3) is 5.91 Å². The zero-order valence-corrected chi connectivity index (χ0v) is 21.4. The lowest BCUT2D eigenvalue weighted by Gasteiger charge is -2.56. The van der Waals surface area contributed by atoms with E-state index in [1.54, 1.807) is 12.1 Å². The third-order valence-corrected chi connectivity index (χ3v) is 9.27. The number of rotatable bonds is 5. The van der Waals surface area contributed by atoms with E-state index in [0.717, 1.165) is 41.6 Å². The summed E-state index contributed by atoms with van der Waals surface area (Å²) >= 11 is 0.